The lowest BCUT2D eigenvalue weighted by Gasteiger charge is -2.14. The van der Waals surface area contributed by atoms with Gasteiger partial charge >= 0.3 is 5.97 Å². The Hall–Kier alpha value is -1.39. The molecule has 1 aromatic rings. The summed E-state index contributed by atoms with van der Waals surface area (Å²) in [6.07, 6.45) is 2.03. The van der Waals surface area contributed by atoms with Crippen LogP contribution in [0.2, 0.25) is 0 Å². The van der Waals surface area contributed by atoms with Crippen molar-refractivity contribution in [3.8, 4) is 0 Å². The van der Waals surface area contributed by atoms with E-state index < -0.39 is 0 Å². The fourth-order valence-corrected chi connectivity index (χ4v) is 1.76. The number of hydrogen-bond acceptors (Lipinski definition) is 4. The van der Waals surface area contributed by atoms with Crippen LogP contribution in [-0.4, -0.2) is 30.3 Å². The Kier molecular flexibility index (Phi) is 3.45. The third-order valence-electron chi connectivity index (χ3n) is 3.17. The Morgan fingerprint density at radius 2 is 2.29 bits per heavy atom. The first kappa shape index (κ1) is 12.1. The monoisotopic (exact) mass is 235 g/mol. The Bertz CT molecular complexity index is 413. The molecule has 1 aliphatic carbocycles. The molecule has 1 fully saturated rings. The summed E-state index contributed by atoms with van der Waals surface area (Å²) in [5.74, 6) is -0.324. The minimum Gasteiger partial charge on any atom is -0.465 e. The molecule has 0 radical (unpaired) electrons. The molecule has 0 atom stereocenters. The second-order valence-corrected chi connectivity index (χ2v) is 4.48. The van der Waals surface area contributed by atoms with Crippen molar-refractivity contribution in [1.29, 1.82) is 0 Å². The number of ether oxygens (including phenoxy) is 1. The zero-order chi connectivity index (χ0) is 12.3. The van der Waals surface area contributed by atoms with E-state index in [9.17, 15) is 9.90 Å². The van der Waals surface area contributed by atoms with Gasteiger partial charge in [0.1, 0.15) is 0 Å². The number of nitrogens with one attached hydrogen (secondary N) is 1. The fraction of sp³-hybridized carbons (Fsp3) is 0.462. The summed E-state index contributed by atoms with van der Waals surface area (Å²) in [5.41, 5.74) is 1.50. The number of methoxy groups -OCH3 is 1. The predicted molar refractivity (Wildman–Crippen MR) is 63.7 cm³/mol. The maximum absolute atomic E-state index is 11.4. The van der Waals surface area contributed by atoms with Crippen LogP contribution in [0.25, 0.3) is 0 Å². The summed E-state index contributed by atoms with van der Waals surface area (Å²) in [6.45, 7) is 0.828. The van der Waals surface area contributed by atoms with Gasteiger partial charge in [0.05, 0.1) is 19.3 Å². The lowest BCUT2D eigenvalue weighted by molar-refractivity contribution is 0.0600. The van der Waals surface area contributed by atoms with E-state index in [0.29, 0.717) is 12.1 Å². The smallest absolute Gasteiger partial charge is 0.337 e. The molecule has 92 valence electrons. The number of esters is 1. The molecule has 0 aliphatic heterocycles. The van der Waals surface area contributed by atoms with Crippen LogP contribution in [0, 0.1) is 0 Å². The van der Waals surface area contributed by atoms with Crippen LogP contribution in [-0.2, 0) is 11.3 Å². The largest absolute Gasteiger partial charge is 0.465 e. The van der Waals surface area contributed by atoms with Gasteiger partial charge in [-0.15, -0.1) is 0 Å². The SMILES string of the molecule is COC(=O)c1cccc(CNC2(CO)CC2)c1. The van der Waals surface area contributed by atoms with E-state index in [4.69, 9.17) is 0 Å². The molecular weight excluding hydrogens is 218 g/mol. The van der Waals surface area contributed by atoms with Crippen molar-refractivity contribution in [2.24, 2.45) is 0 Å². The van der Waals surface area contributed by atoms with Gasteiger partial charge in [-0.1, -0.05) is 12.1 Å². The first-order chi connectivity index (χ1) is 8.19. The first-order valence-electron chi connectivity index (χ1n) is 5.72. The molecule has 0 aromatic heterocycles. The van der Waals surface area contributed by atoms with Crippen LogP contribution in [0.4, 0.5) is 0 Å². The lowest BCUT2D eigenvalue weighted by atomic mass is 10.1. The minimum atomic E-state index is -0.324. The Morgan fingerprint density at radius 1 is 1.53 bits per heavy atom. The molecule has 1 saturated carbocycles. The van der Waals surface area contributed by atoms with Crippen molar-refractivity contribution in [2.45, 2.75) is 24.9 Å². The van der Waals surface area contributed by atoms with Crippen LogP contribution in [0.3, 0.4) is 0 Å². The highest BCUT2D eigenvalue weighted by molar-refractivity contribution is 5.89. The maximum Gasteiger partial charge on any atom is 0.337 e. The molecule has 0 amide bonds. The van der Waals surface area contributed by atoms with Gasteiger partial charge in [0.15, 0.2) is 0 Å². The zero-order valence-corrected chi connectivity index (χ0v) is 9.90. The van der Waals surface area contributed by atoms with Crippen molar-refractivity contribution < 1.29 is 14.6 Å². The number of benzene rings is 1. The highest BCUT2D eigenvalue weighted by atomic mass is 16.5. The summed E-state index contributed by atoms with van der Waals surface area (Å²) in [5, 5.41) is 12.5. The second-order valence-electron chi connectivity index (χ2n) is 4.48. The summed E-state index contributed by atoms with van der Waals surface area (Å²) >= 11 is 0. The number of hydrogen-bond donors (Lipinski definition) is 2. The van der Waals surface area contributed by atoms with Gasteiger partial charge in [0.2, 0.25) is 0 Å². The molecule has 4 nitrogen and oxygen atoms in total. The van der Waals surface area contributed by atoms with E-state index >= 15 is 0 Å². The number of rotatable bonds is 5. The van der Waals surface area contributed by atoms with Gasteiger partial charge in [-0.05, 0) is 30.5 Å². The summed E-state index contributed by atoms with van der Waals surface area (Å²) in [7, 11) is 1.37. The quantitative estimate of drug-likeness (QED) is 0.750. The highest BCUT2D eigenvalue weighted by Crippen LogP contribution is 2.34. The highest BCUT2D eigenvalue weighted by Gasteiger charge is 2.41. The average molecular weight is 235 g/mol. The number of carbonyl (C=O) groups is 1. The maximum atomic E-state index is 11.4. The molecule has 0 unspecified atom stereocenters. The van der Waals surface area contributed by atoms with Gasteiger partial charge in [-0.3, -0.25) is 0 Å². The Balaban J connectivity index is 1.99. The predicted octanol–water partition coefficient (Wildman–Crippen LogP) is 1.09. The van der Waals surface area contributed by atoms with Gasteiger partial charge in [0.25, 0.3) is 0 Å². The average Bonchev–Trinajstić information content (AvgIpc) is 3.16. The van der Waals surface area contributed by atoms with Crippen molar-refractivity contribution >= 4 is 5.97 Å². The molecule has 0 spiro atoms. The van der Waals surface area contributed by atoms with Crippen molar-refractivity contribution in [1.82, 2.24) is 5.32 Å². The van der Waals surface area contributed by atoms with E-state index in [-0.39, 0.29) is 18.1 Å². The van der Waals surface area contributed by atoms with Gasteiger partial charge in [-0.2, -0.15) is 0 Å². The van der Waals surface area contributed by atoms with Gasteiger partial charge in [0, 0.05) is 12.1 Å². The molecule has 0 heterocycles. The van der Waals surface area contributed by atoms with Crippen molar-refractivity contribution in [2.75, 3.05) is 13.7 Å². The van der Waals surface area contributed by atoms with E-state index in [0.717, 1.165) is 18.4 Å². The van der Waals surface area contributed by atoms with Gasteiger partial charge in [-0.25, -0.2) is 4.79 Å². The molecule has 0 bridgehead atoms. The summed E-state index contributed by atoms with van der Waals surface area (Å²) < 4.78 is 4.67. The summed E-state index contributed by atoms with van der Waals surface area (Å²) in [4.78, 5) is 11.4. The lowest BCUT2D eigenvalue weighted by Crippen LogP contribution is -2.34. The van der Waals surface area contributed by atoms with Crippen LogP contribution in [0.15, 0.2) is 24.3 Å². The number of aliphatic hydroxyl groups is 1. The Morgan fingerprint density at radius 3 is 2.88 bits per heavy atom. The van der Waals surface area contributed by atoms with Crippen LogP contribution >= 0.6 is 0 Å². The molecular formula is C13H17NO3. The molecule has 2 N–H and O–H groups in total. The molecule has 1 aromatic carbocycles. The molecule has 1 aliphatic rings. The second kappa shape index (κ2) is 4.85. The van der Waals surface area contributed by atoms with E-state index in [2.05, 4.69) is 10.1 Å². The fourth-order valence-electron chi connectivity index (χ4n) is 1.76. The molecule has 0 saturated heterocycles. The van der Waals surface area contributed by atoms with E-state index in [1.54, 1.807) is 6.07 Å². The molecule has 4 heteroatoms. The summed E-state index contributed by atoms with van der Waals surface area (Å²) in [6, 6.07) is 7.33. The first-order valence-corrected chi connectivity index (χ1v) is 5.72. The van der Waals surface area contributed by atoms with Crippen LogP contribution < -0.4 is 5.32 Å². The van der Waals surface area contributed by atoms with Crippen LogP contribution in [0.5, 0.6) is 0 Å². The van der Waals surface area contributed by atoms with Crippen molar-refractivity contribution in [3.05, 3.63) is 35.4 Å². The Labute approximate surface area is 101 Å². The molecule has 2 rings (SSSR count). The van der Waals surface area contributed by atoms with E-state index in [1.165, 1.54) is 7.11 Å². The molecule has 17 heavy (non-hydrogen) atoms. The third kappa shape index (κ3) is 2.84. The topological polar surface area (TPSA) is 58.6 Å². The number of carbonyl (C=O) groups excluding carboxylic acids is 1. The van der Waals surface area contributed by atoms with Crippen molar-refractivity contribution in [3.63, 3.8) is 0 Å². The zero-order valence-electron chi connectivity index (χ0n) is 9.90. The van der Waals surface area contributed by atoms with E-state index in [1.807, 2.05) is 18.2 Å². The standard InChI is InChI=1S/C13H17NO3/c1-17-12(16)11-4-2-3-10(7-11)8-14-13(9-15)5-6-13/h2-4,7,14-15H,5-6,8-9H2,1H3. The van der Waals surface area contributed by atoms with Crippen LogP contribution in [0.1, 0.15) is 28.8 Å². The minimum absolute atomic E-state index is 0.0821. The number of aliphatic hydroxyl groups excluding tert-OH is 1. The normalized spacial score (nSPS) is 16.6. The van der Waals surface area contributed by atoms with Gasteiger partial charge < -0.3 is 15.2 Å². The third-order valence-corrected chi connectivity index (χ3v) is 3.17.